The van der Waals surface area contributed by atoms with Crippen LogP contribution >= 0.6 is 11.8 Å². The van der Waals surface area contributed by atoms with E-state index in [0.29, 0.717) is 16.2 Å². The van der Waals surface area contributed by atoms with E-state index in [9.17, 15) is 24.5 Å². The first-order valence-electron chi connectivity index (χ1n) is 8.01. The summed E-state index contributed by atoms with van der Waals surface area (Å²) >= 11 is 1.18. The van der Waals surface area contributed by atoms with Crippen LogP contribution in [-0.4, -0.2) is 47.6 Å². The van der Waals surface area contributed by atoms with E-state index in [-0.39, 0.29) is 22.5 Å². The summed E-state index contributed by atoms with van der Waals surface area (Å²) in [4.78, 5) is 50.1. The third kappa shape index (κ3) is 4.22. The number of Topliss-reactive ketones (excluding diaryl/α,β-unsaturated/α-hetero) is 1. The van der Waals surface area contributed by atoms with Crippen LogP contribution in [0.1, 0.15) is 42.5 Å². The molecule has 1 aromatic carbocycles. The highest BCUT2D eigenvalue weighted by Gasteiger charge is 2.24. The number of hydrogen-bond donors (Lipinski definition) is 1. The molecule has 0 aliphatic rings. The Morgan fingerprint density at radius 3 is 2.46 bits per heavy atom. The smallest absolute Gasteiger partial charge is 0.339 e. The lowest BCUT2D eigenvalue weighted by Gasteiger charge is -2.06. The highest BCUT2D eigenvalue weighted by atomic mass is 32.2. The van der Waals surface area contributed by atoms with Gasteiger partial charge in [0.1, 0.15) is 0 Å². The molecule has 0 radical (unpaired) electrons. The first-order valence-corrected chi connectivity index (χ1v) is 9.24. The molecule has 0 bridgehead atoms. The number of aromatic nitrogens is 1. The molecule has 0 saturated carbocycles. The fourth-order valence-electron chi connectivity index (χ4n) is 2.68. The van der Waals surface area contributed by atoms with Crippen LogP contribution in [0.3, 0.4) is 0 Å². The van der Waals surface area contributed by atoms with Gasteiger partial charge in [-0.25, -0.2) is 9.59 Å². The summed E-state index contributed by atoms with van der Waals surface area (Å²) in [6.45, 7) is 2.61. The lowest BCUT2D eigenvalue weighted by atomic mass is 10.1. The first kappa shape index (κ1) is 21.2. The summed E-state index contributed by atoms with van der Waals surface area (Å²) < 4.78 is 9.67. The normalized spacial score (nSPS) is 10.4. The van der Waals surface area contributed by atoms with Crippen LogP contribution in [0.5, 0.6) is 0 Å². The highest BCUT2D eigenvalue weighted by Crippen LogP contribution is 2.28. The monoisotopic (exact) mass is 406 g/mol. The van der Waals surface area contributed by atoms with Gasteiger partial charge in [-0.15, -0.1) is 11.8 Å². The zero-order valence-electron chi connectivity index (χ0n) is 15.7. The number of H-pyrrole nitrogens is 1. The largest absolute Gasteiger partial charge is 0.465 e. The van der Waals surface area contributed by atoms with Crippen LogP contribution < -0.4 is 0 Å². The maximum absolute atomic E-state index is 12.4. The number of nitro groups is 1. The van der Waals surface area contributed by atoms with Gasteiger partial charge in [0.05, 0.1) is 33.7 Å². The summed E-state index contributed by atoms with van der Waals surface area (Å²) in [5.74, 6) is -1.99. The number of ketones is 1. The fraction of sp³-hybridized carbons (Fsp3) is 0.278. The molecule has 1 heterocycles. The molecule has 10 heteroatoms. The van der Waals surface area contributed by atoms with Crippen LogP contribution in [0, 0.1) is 24.0 Å². The number of aryl methyl sites for hydroxylation is 1. The third-order valence-corrected chi connectivity index (χ3v) is 4.84. The molecule has 9 nitrogen and oxygen atoms in total. The van der Waals surface area contributed by atoms with Crippen LogP contribution in [0.15, 0.2) is 23.1 Å². The molecule has 0 aliphatic heterocycles. The predicted molar refractivity (Wildman–Crippen MR) is 101 cm³/mol. The van der Waals surface area contributed by atoms with Gasteiger partial charge in [0.25, 0.3) is 5.69 Å². The number of carbonyl (C=O) groups is 3. The van der Waals surface area contributed by atoms with Crippen molar-refractivity contribution in [3.8, 4) is 0 Å². The van der Waals surface area contributed by atoms with Gasteiger partial charge in [-0.05, 0) is 37.8 Å². The Balaban J connectivity index is 2.15. The van der Waals surface area contributed by atoms with Crippen molar-refractivity contribution in [1.82, 2.24) is 4.98 Å². The van der Waals surface area contributed by atoms with Gasteiger partial charge in [0.15, 0.2) is 6.61 Å². The number of thioether (sulfide) groups is 1. The molecule has 1 N–H and O–H groups in total. The Labute approximate surface area is 164 Å². The summed E-state index contributed by atoms with van der Waals surface area (Å²) in [6, 6.07) is 3.95. The van der Waals surface area contributed by atoms with Crippen molar-refractivity contribution in [2.24, 2.45) is 0 Å². The van der Waals surface area contributed by atoms with E-state index in [1.807, 2.05) is 0 Å². The van der Waals surface area contributed by atoms with E-state index in [1.165, 1.54) is 31.0 Å². The summed E-state index contributed by atoms with van der Waals surface area (Å²) in [6.07, 6.45) is 1.68. The van der Waals surface area contributed by atoms with Gasteiger partial charge < -0.3 is 14.5 Å². The minimum absolute atomic E-state index is 0.0352. The second-order valence-corrected chi connectivity index (χ2v) is 6.61. The Morgan fingerprint density at radius 2 is 1.89 bits per heavy atom. The van der Waals surface area contributed by atoms with E-state index < -0.39 is 29.3 Å². The van der Waals surface area contributed by atoms with E-state index >= 15 is 0 Å². The minimum atomic E-state index is -0.863. The number of carbonyl (C=O) groups excluding carboxylic acids is 3. The van der Waals surface area contributed by atoms with Crippen LogP contribution in [-0.2, 0) is 9.47 Å². The van der Waals surface area contributed by atoms with Gasteiger partial charge in [-0.1, -0.05) is 0 Å². The van der Waals surface area contributed by atoms with Crippen molar-refractivity contribution in [3.63, 3.8) is 0 Å². The standard InChI is InChI=1S/C18H18N2O7S/c1-9-15(18(23)26-3)10(2)19-16(9)13(21)8-27-17(22)11-5-6-14(28-4)12(7-11)20(24)25/h5-7,19H,8H2,1-4H3. The molecule has 0 saturated heterocycles. The predicted octanol–water partition coefficient (Wildman–Crippen LogP) is 3.09. The van der Waals surface area contributed by atoms with E-state index in [2.05, 4.69) is 9.72 Å². The van der Waals surface area contributed by atoms with Gasteiger partial charge in [0.2, 0.25) is 5.78 Å². The Hall–Kier alpha value is -3.14. The number of nitro benzene ring substituents is 1. The summed E-state index contributed by atoms with van der Waals surface area (Å²) in [7, 11) is 1.24. The molecular formula is C18H18N2O7S. The van der Waals surface area contributed by atoms with Crippen LogP contribution in [0.2, 0.25) is 0 Å². The topological polar surface area (TPSA) is 129 Å². The van der Waals surface area contributed by atoms with Crippen molar-refractivity contribution in [3.05, 3.63) is 56.4 Å². The molecule has 0 spiro atoms. The van der Waals surface area contributed by atoms with Gasteiger partial charge >= 0.3 is 11.9 Å². The van der Waals surface area contributed by atoms with E-state index in [1.54, 1.807) is 20.1 Å². The number of ether oxygens (including phenoxy) is 2. The Kier molecular flexibility index (Phi) is 6.57. The highest BCUT2D eigenvalue weighted by molar-refractivity contribution is 7.98. The molecular weight excluding hydrogens is 388 g/mol. The van der Waals surface area contributed by atoms with Crippen molar-refractivity contribution in [2.45, 2.75) is 18.7 Å². The molecule has 0 unspecified atom stereocenters. The lowest BCUT2D eigenvalue weighted by molar-refractivity contribution is -0.387. The average Bonchev–Trinajstić information content (AvgIpc) is 2.98. The molecule has 0 fully saturated rings. The van der Waals surface area contributed by atoms with Crippen LogP contribution in [0.25, 0.3) is 0 Å². The van der Waals surface area contributed by atoms with Crippen molar-refractivity contribution in [1.29, 1.82) is 0 Å². The molecule has 2 aromatic rings. The number of nitrogens with one attached hydrogen (secondary N) is 1. The second-order valence-electron chi connectivity index (χ2n) is 5.76. The zero-order chi connectivity index (χ0) is 21.0. The van der Waals surface area contributed by atoms with Crippen molar-refractivity contribution in [2.75, 3.05) is 20.0 Å². The number of methoxy groups -OCH3 is 1. The molecule has 0 aliphatic carbocycles. The van der Waals surface area contributed by atoms with Crippen molar-refractivity contribution < 1.29 is 28.8 Å². The number of rotatable bonds is 7. The number of aromatic amines is 1. The molecule has 0 amide bonds. The SMILES string of the molecule is COC(=O)c1c(C)[nH]c(C(=O)COC(=O)c2ccc(SC)c([N+](=O)[O-])c2)c1C. The molecule has 28 heavy (non-hydrogen) atoms. The fourth-order valence-corrected chi connectivity index (χ4v) is 3.23. The number of esters is 2. The maximum atomic E-state index is 12.4. The number of nitrogens with zero attached hydrogens (tertiary/aromatic N) is 1. The lowest BCUT2D eigenvalue weighted by Crippen LogP contribution is -2.16. The molecule has 2 rings (SSSR count). The average molecular weight is 406 g/mol. The van der Waals surface area contributed by atoms with E-state index in [4.69, 9.17) is 4.74 Å². The third-order valence-electron chi connectivity index (χ3n) is 4.05. The first-order chi connectivity index (χ1) is 13.2. The Bertz CT molecular complexity index is 965. The zero-order valence-corrected chi connectivity index (χ0v) is 16.5. The van der Waals surface area contributed by atoms with Gasteiger partial charge in [-0.3, -0.25) is 14.9 Å². The maximum Gasteiger partial charge on any atom is 0.339 e. The summed E-state index contributed by atoms with van der Waals surface area (Å²) in [5, 5.41) is 11.1. The molecule has 148 valence electrons. The van der Waals surface area contributed by atoms with Gasteiger partial charge in [0, 0.05) is 11.8 Å². The van der Waals surface area contributed by atoms with Crippen LogP contribution in [0.4, 0.5) is 5.69 Å². The number of benzene rings is 1. The number of hydrogen-bond acceptors (Lipinski definition) is 8. The van der Waals surface area contributed by atoms with E-state index in [0.717, 1.165) is 6.07 Å². The van der Waals surface area contributed by atoms with Crippen molar-refractivity contribution >= 4 is 35.2 Å². The molecule has 0 atom stereocenters. The quantitative estimate of drug-likeness (QED) is 0.244. The summed E-state index contributed by atoms with van der Waals surface area (Å²) in [5.41, 5.74) is 0.987. The second kappa shape index (κ2) is 8.70. The Morgan fingerprint density at radius 1 is 1.21 bits per heavy atom. The minimum Gasteiger partial charge on any atom is -0.465 e. The van der Waals surface area contributed by atoms with Gasteiger partial charge in [-0.2, -0.15) is 0 Å². The molecule has 1 aromatic heterocycles.